The van der Waals surface area contributed by atoms with Gasteiger partial charge in [0.25, 0.3) is 0 Å². The van der Waals surface area contributed by atoms with Gasteiger partial charge in [0.2, 0.25) is 0 Å². The van der Waals surface area contributed by atoms with E-state index in [2.05, 4.69) is 263 Å². The summed E-state index contributed by atoms with van der Waals surface area (Å²) in [4.78, 5) is 16.0. The molecule has 13 aromatic rings. The molecule has 0 aliphatic rings. The van der Waals surface area contributed by atoms with Crippen molar-refractivity contribution in [1.82, 2.24) is 14.5 Å². The summed E-state index contributed by atoms with van der Waals surface area (Å²) in [5.74, 6) is 0. The highest BCUT2D eigenvalue weighted by Crippen LogP contribution is 2.44. The molecule has 0 spiro atoms. The van der Waals surface area contributed by atoms with Crippen LogP contribution in [0.3, 0.4) is 0 Å². The Kier molecular flexibility index (Phi) is 9.10. The summed E-state index contributed by atoms with van der Waals surface area (Å²) in [5, 5.41) is 6.53. The molecule has 0 N–H and O–H groups in total. The van der Waals surface area contributed by atoms with E-state index in [-0.39, 0.29) is 0 Å². The van der Waals surface area contributed by atoms with Crippen LogP contribution in [-0.4, -0.2) is 14.5 Å². The van der Waals surface area contributed by atoms with Gasteiger partial charge < -0.3 is 14.4 Å². The molecule has 2 heterocycles. The maximum absolute atomic E-state index is 5.74. The molecule has 0 saturated heterocycles. The average Bonchev–Trinajstić information content (AvgIpc) is 3.75. The van der Waals surface area contributed by atoms with E-state index in [4.69, 9.17) is 9.97 Å². The van der Waals surface area contributed by atoms with Crippen molar-refractivity contribution in [2.45, 2.75) is 0 Å². The maximum atomic E-state index is 5.74. The number of rotatable bonds is 8. The van der Waals surface area contributed by atoms with Crippen LogP contribution in [0.4, 0.5) is 34.1 Å². The highest BCUT2D eigenvalue weighted by molar-refractivity contribution is 6.27. The first-order valence-corrected chi connectivity index (χ1v) is 22.7. The summed E-state index contributed by atoms with van der Waals surface area (Å²) >= 11 is 0. The Morgan fingerprint density at radius 2 is 0.731 bits per heavy atom. The van der Waals surface area contributed by atoms with E-state index in [0.717, 1.165) is 105 Å². The van der Waals surface area contributed by atoms with E-state index >= 15 is 0 Å². The Hall–Kier alpha value is -9.06. The molecular weight excluding hydrogens is 815 g/mol. The topological polar surface area (TPSA) is 37.2 Å². The molecule has 2 aromatic heterocycles. The molecule has 0 saturated carbocycles. The van der Waals surface area contributed by atoms with Gasteiger partial charge in [-0.1, -0.05) is 146 Å². The fraction of sp³-hybridized carbons (Fsp3) is 0. The lowest BCUT2D eigenvalue weighted by Crippen LogP contribution is -2.10. The lowest BCUT2D eigenvalue weighted by atomic mass is 9.97. The van der Waals surface area contributed by atoms with Crippen molar-refractivity contribution in [3.63, 3.8) is 0 Å². The zero-order valence-electron chi connectivity index (χ0n) is 36.4. The molecule has 5 nitrogen and oxygen atoms in total. The molecule has 5 heteroatoms. The molecule has 0 atom stereocenters. The Morgan fingerprint density at radius 1 is 0.284 bits per heavy atom. The molecule has 0 amide bonds. The van der Waals surface area contributed by atoms with Gasteiger partial charge in [-0.3, -0.25) is 0 Å². The zero-order chi connectivity index (χ0) is 44.3. The SMILES string of the molecule is c1ccc(-c2ccc(-n3c4ccccc4c4c5nc6c7ccc(N(c8ccccc8)c8ccccc8)cc7c7cc(N(c8ccccc8)c8ccccc8)ccc7c6nc5ccc43)cc2)cc1. The molecule has 0 radical (unpaired) electrons. The molecule has 67 heavy (non-hydrogen) atoms. The third-order valence-corrected chi connectivity index (χ3v) is 13.1. The molecule has 0 unspecified atom stereocenters. The number of nitrogens with zero attached hydrogens (tertiary/aromatic N) is 5. The largest absolute Gasteiger partial charge is 0.310 e. The fourth-order valence-electron chi connectivity index (χ4n) is 10.1. The highest BCUT2D eigenvalue weighted by atomic mass is 15.1. The van der Waals surface area contributed by atoms with Gasteiger partial charge in [0.1, 0.15) is 0 Å². The Labute approximate surface area is 387 Å². The summed E-state index contributed by atoms with van der Waals surface area (Å²) in [6, 6.07) is 88.5. The Morgan fingerprint density at radius 3 is 1.25 bits per heavy atom. The van der Waals surface area contributed by atoms with E-state index in [9.17, 15) is 0 Å². The zero-order valence-corrected chi connectivity index (χ0v) is 36.4. The third-order valence-electron chi connectivity index (χ3n) is 13.1. The molecule has 314 valence electrons. The minimum atomic E-state index is 0.859. The summed E-state index contributed by atoms with van der Waals surface area (Å²) in [6.45, 7) is 0. The van der Waals surface area contributed by atoms with Crippen LogP contribution in [0.5, 0.6) is 0 Å². The van der Waals surface area contributed by atoms with Crippen LogP contribution in [0, 0.1) is 0 Å². The minimum absolute atomic E-state index is 0.859. The molecule has 0 bridgehead atoms. The van der Waals surface area contributed by atoms with Crippen molar-refractivity contribution in [2.24, 2.45) is 0 Å². The monoisotopic (exact) mass is 855 g/mol. The molecular formula is C62H41N5. The number of anilines is 6. The number of para-hydroxylation sites is 5. The van der Waals surface area contributed by atoms with Gasteiger partial charge in [0.05, 0.1) is 33.1 Å². The summed E-state index contributed by atoms with van der Waals surface area (Å²) in [6.07, 6.45) is 0. The van der Waals surface area contributed by atoms with E-state index < -0.39 is 0 Å². The van der Waals surface area contributed by atoms with Crippen molar-refractivity contribution in [3.05, 3.63) is 249 Å². The molecule has 0 fully saturated rings. The lowest BCUT2D eigenvalue weighted by Gasteiger charge is -2.27. The second-order valence-electron chi connectivity index (χ2n) is 17.0. The quantitative estimate of drug-likeness (QED) is 0.113. The summed E-state index contributed by atoms with van der Waals surface area (Å²) in [7, 11) is 0. The molecule has 0 aliphatic heterocycles. The highest BCUT2D eigenvalue weighted by Gasteiger charge is 2.22. The lowest BCUT2D eigenvalue weighted by molar-refractivity contribution is 1.18. The third kappa shape index (κ3) is 6.47. The van der Waals surface area contributed by atoms with Gasteiger partial charge in [0, 0.05) is 61.4 Å². The predicted molar refractivity (Wildman–Crippen MR) is 281 cm³/mol. The van der Waals surface area contributed by atoms with Crippen LogP contribution in [0.25, 0.3) is 82.2 Å². The first-order valence-electron chi connectivity index (χ1n) is 22.7. The minimum Gasteiger partial charge on any atom is -0.310 e. The van der Waals surface area contributed by atoms with Gasteiger partial charge >= 0.3 is 0 Å². The fourth-order valence-corrected chi connectivity index (χ4v) is 10.1. The van der Waals surface area contributed by atoms with E-state index in [1.165, 1.54) is 11.1 Å². The second-order valence-corrected chi connectivity index (χ2v) is 17.0. The van der Waals surface area contributed by atoms with E-state index in [1.807, 2.05) is 0 Å². The van der Waals surface area contributed by atoms with E-state index in [1.54, 1.807) is 0 Å². The molecule has 13 rings (SSSR count). The first kappa shape index (κ1) is 38.4. The number of hydrogen-bond donors (Lipinski definition) is 0. The van der Waals surface area contributed by atoms with Crippen molar-refractivity contribution < 1.29 is 0 Å². The second kappa shape index (κ2) is 15.9. The van der Waals surface area contributed by atoms with Crippen LogP contribution in [0.2, 0.25) is 0 Å². The Bertz CT molecular complexity index is 3870. The van der Waals surface area contributed by atoms with Crippen molar-refractivity contribution in [3.8, 4) is 16.8 Å². The number of aromatic nitrogens is 3. The standard InChI is InChI=1S/C62H41N5/c1-6-18-42(19-7-1)43-30-32-48(33-31-43)67-57-29-17-16-28-53(57)59-58(67)39-38-56-62(59)64-61-52-37-35-50(66(46-24-12-4-13-25-46)47-26-14-5-15-27-47)41-55(52)54-40-49(34-36-51(54)60(61)63-56)65(44-20-8-2-9-21-44)45-22-10-3-11-23-45/h1-41H. The number of benzene rings is 11. The van der Waals surface area contributed by atoms with Crippen LogP contribution in [-0.2, 0) is 0 Å². The number of fused-ring (bicyclic) bond motifs is 11. The van der Waals surface area contributed by atoms with Crippen LogP contribution >= 0.6 is 0 Å². The summed E-state index contributed by atoms with van der Waals surface area (Å²) < 4.78 is 2.37. The van der Waals surface area contributed by atoms with E-state index in [0.29, 0.717) is 0 Å². The van der Waals surface area contributed by atoms with Gasteiger partial charge in [-0.2, -0.15) is 0 Å². The van der Waals surface area contributed by atoms with Gasteiger partial charge in [-0.05, 0) is 125 Å². The maximum Gasteiger partial charge on any atom is 0.0995 e. The van der Waals surface area contributed by atoms with Crippen molar-refractivity contribution in [2.75, 3.05) is 9.80 Å². The van der Waals surface area contributed by atoms with Gasteiger partial charge in [0.15, 0.2) is 0 Å². The van der Waals surface area contributed by atoms with Crippen molar-refractivity contribution in [1.29, 1.82) is 0 Å². The molecule has 11 aromatic carbocycles. The van der Waals surface area contributed by atoms with Crippen molar-refractivity contribution >= 4 is 99.5 Å². The van der Waals surface area contributed by atoms with Crippen LogP contribution < -0.4 is 9.80 Å². The predicted octanol–water partition coefficient (Wildman–Crippen LogP) is 16.8. The Balaban J connectivity index is 1.08. The number of hydrogen-bond acceptors (Lipinski definition) is 4. The van der Waals surface area contributed by atoms with Crippen LogP contribution in [0.1, 0.15) is 0 Å². The summed E-state index contributed by atoms with van der Waals surface area (Å²) in [5.41, 5.74) is 15.6. The van der Waals surface area contributed by atoms with Gasteiger partial charge in [-0.15, -0.1) is 0 Å². The first-order chi connectivity index (χ1) is 33.2. The average molecular weight is 856 g/mol. The van der Waals surface area contributed by atoms with Crippen LogP contribution in [0.15, 0.2) is 249 Å². The smallest absolute Gasteiger partial charge is 0.0995 e. The van der Waals surface area contributed by atoms with Gasteiger partial charge in [-0.25, -0.2) is 9.97 Å². The normalized spacial score (nSPS) is 11.6. The molecule has 0 aliphatic carbocycles.